The molecule has 2 aliphatic heterocycles. The molecule has 1 amide bonds. The van der Waals surface area contributed by atoms with Gasteiger partial charge in [0.05, 0.1) is 5.69 Å². The maximum absolute atomic E-state index is 12.4. The second kappa shape index (κ2) is 8.86. The predicted molar refractivity (Wildman–Crippen MR) is 122 cm³/mol. The Hall–Kier alpha value is -2.61. The molecule has 168 valence electrons. The van der Waals surface area contributed by atoms with Gasteiger partial charge in [0.25, 0.3) is 0 Å². The molecule has 8 nitrogen and oxygen atoms in total. The van der Waals surface area contributed by atoms with Gasteiger partial charge in [0.15, 0.2) is 5.82 Å². The van der Waals surface area contributed by atoms with Crippen molar-refractivity contribution in [1.82, 2.24) is 24.4 Å². The maximum Gasteiger partial charge on any atom is 0.410 e. The molecule has 4 heterocycles. The molecule has 0 aliphatic carbocycles. The average molecular weight is 427 g/mol. The number of anilines is 1. The highest BCUT2D eigenvalue weighted by Gasteiger charge is 2.26. The SMILES string of the molecule is CC(C)(C)OC(=O)N1CC=C(c2c(CCCN3CCCC3)cc3c(N)ncnn23)CC1. The number of nitrogens with zero attached hydrogens (tertiary/aromatic N) is 5. The molecule has 0 saturated carbocycles. The van der Waals surface area contributed by atoms with Crippen molar-refractivity contribution in [2.75, 3.05) is 38.5 Å². The largest absolute Gasteiger partial charge is 0.444 e. The third-order valence-electron chi connectivity index (χ3n) is 5.97. The van der Waals surface area contributed by atoms with Crippen molar-refractivity contribution in [3.05, 3.63) is 29.7 Å². The molecule has 0 unspecified atom stereocenters. The summed E-state index contributed by atoms with van der Waals surface area (Å²) < 4.78 is 7.44. The number of nitrogen functional groups attached to an aromatic ring is 1. The maximum atomic E-state index is 12.4. The number of carbonyl (C=O) groups excluding carboxylic acids is 1. The van der Waals surface area contributed by atoms with E-state index in [1.54, 1.807) is 4.90 Å². The molecule has 0 radical (unpaired) electrons. The first-order valence-electron chi connectivity index (χ1n) is 11.3. The van der Waals surface area contributed by atoms with Crippen LogP contribution in [0.2, 0.25) is 0 Å². The molecule has 31 heavy (non-hydrogen) atoms. The summed E-state index contributed by atoms with van der Waals surface area (Å²) in [5.41, 5.74) is 10.1. The smallest absolute Gasteiger partial charge is 0.410 e. The highest BCUT2D eigenvalue weighted by atomic mass is 16.6. The summed E-state index contributed by atoms with van der Waals surface area (Å²) in [4.78, 5) is 20.9. The number of aryl methyl sites for hydroxylation is 1. The Balaban J connectivity index is 1.54. The number of fused-ring (bicyclic) bond motifs is 1. The number of amides is 1. The lowest BCUT2D eigenvalue weighted by Gasteiger charge is -2.29. The lowest BCUT2D eigenvalue weighted by molar-refractivity contribution is 0.0270. The van der Waals surface area contributed by atoms with Crippen molar-refractivity contribution >= 4 is 23.0 Å². The van der Waals surface area contributed by atoms with Crippen LogP contribution < -0.4 is 5.73 Å². The van der Waals surface area contributed by atoms with Crippen LogP contribution in [0.3, 0.4) is 0 Å². The van der Waals surface area contributed by atoms with E-state index in [1.165, 1.54) is 43.4 Å². The van der Waals surface area contributed by atoms with Crippen LogP contribution in [0.25, 0.3) is 11.1 Å². The number of hydrogen-bond acceptors (Lipinski definition) is 6. The van der Waals surface area contributed by atoms with Crippen molar-refractivity contribution in [3.8, 4) is 0 Å². The first kappa shape index (κ1) is 21.6. The number of ether oxygens (including phenoxy) is 1. The molecule has 8 heteroatoms. The average Bonchev–Trinajstić information content (AvgIpc) is 3.35. The van der Waals surface area contributed by atoms with Gasteiger partial charge < -0.3 is 20.3 Å². The molecule has 4 rings (SSSR count). The summed E-state index contributed by atoms with van der Waals surface area (Å²) in [6.07, 6.45) is 8.83. The lowest BCUT2D eigenvalue weighted by Crippen LogP contribution is -2.39. The van der Waals surface area contributed by atoms with Crippen LogP contribution >= 0.6 is 0 Å². The summed E-state index contributed by atoms with van der Waals surface area (Å²) in [5, 5.41) is 4.50. The van der Waals surface area contributed by atoms with E-state index in [1.807, 2.05) is 25.3 Å². The van der Waals surface area contributed by atoms with Crippen LogP contribution in [-0.2, 0) is 11.2 Å². The molecule has 0 atom stereocenters. The summed E-state index contributed by atoms with van der Waals surface area (Å²) >= 11 is 0. The van der Waals surface area contributed by atoms with Crippen molar-refractivity contribution < 1.29 is 9.53 Å². The van der Waals surface area contributed by atoms with Crippen LogP contribution in [-0.4, -0.2) is 68.8 Å². The van der Waals surface area contributed by atoms with Crippen LogP contribution in [0.1, 0.15) is 57.7 Å². The van der Waals surface area contributed by atoms with E-state index in [-0.39, 0.29) is 6.09 Å². The Bertz CT molecular complexity index is 968. The fourth-order valence-corrected chi connectivity index (χ4v) is 4.47. The van der Waals surface area contributed by atoms with Crippen LogP contribution in [0.4, 0.5) is 10.6 Å². The van der Waals surface area contributed by atoms with Crippen molar-refractivity contribution in [2.45, 2.75) is 58.5 Å². The molecule has 2 N–H and O–H groups in total. The van der Waals surface area contributed by atoms with E-state index in [9.17, 15) is 4.79 Å². The second-order valence-electron chi connectivity index (χ2n) is 9.52. The number of aromatic nitrogens is 3. The third kappa shape index (κ3) is 5.01. The summed E-state index contributed by atoms with van der Waals surface area (Å²) in [6, 6.07) is 2.13. The molecule has 2 aromatic rings. The van der Waals surface area contributed by atoms with E-state index in [4.69, 9.17) is 10.5 Å². The topological polar surface area (TPSA) is 89.0 Å². The molecule has 1 saturated heterocycles. The van der Waals surface area contributed by atoms with Gasteiger partial charge in [0, 0.05) is 13.1 Å². The van der Waals surface area contributed by atoms with Gasteiger partial charge in [-0.25, -0.2) is 14.3 Å². The molecular formula is C23H34N6O2. The number of hydrogen-bond donors (Lipinski definition) is 1. The molecule has 2 aliphatic rings. The van der Waals surface area contributed by atoms with Crippen LogP contribution in [0.5, 0.6) is 0 Å². The molecule has 2 aromatic heterocycles. The molecule has 0 bridgehead atoms. The number of rotatable bonds is 5. The second-order valence-corrected chi connectivity index (χ2v) is 9.52. The monoisotopic (exact) mass is 426 g/mol. The highest BCUT2D eigenvalue weighted by molar-refractivity contribution is 5.77. The van der Waals surface area contributed by atoms with E-state index in [0.29, 0.717) is 18.9 Å². The van der Waals surface area contributed by atoms with Crippen LogP contribution in [0, 0.1) is 0 Å². The fourth-order valence-electron chi connectivity index (χ4n) is 4.47. The standard InChI is InChI=1S/C23H34N6O2/c1-23(2,3)31-22(30)28-13-8-17(9-14-28)20-18(7-6-12-27-10-4-5-11-27)15-19-21(24)25-16-26-29(19)20/h8,15-16H,4-7,9-14H2,1-3H3,(H2,24,25,26). The zero-order valence-corrected chi connectivity index (χ0v) is 18.9. The van der Waals surface area contributed by atoms with Gasteiger partial charge in [0.2, 0.25) is 0 Å². The van der Waals surface area contributed by atoms with Gasteiger partial charge in [-0.15, -0.1) is 0 Å². The minimum Gasteiger partial charge on any atom is -0.444 e. The fraction of sp³-hybridized carbons (Fsp3) is 0.609. The molecule has 0 spiro atoms. The van der Waals surface area contributed by atoms with Gasteiger partial charge >= 0.3 is 6.09 Å². The molecule has 1 fully saturated rings. The first-order valence-corrected chi connectivity index (χ1v) is 11.3. The Morgan fingerprint density at radius 1 is 1.23 bits per heavy atom. The first-order chi connectivity index (χ1) is 14.8. The Morgan fingerprint density at radius 2 is 2.00 bits per heavy atom. The quantitative estimate of drug-likeness (QED) is 0.789. The van der Waals surface area contributed by atoms with E-state index >= 15 is 0 Å². The summed E-state index contributed by atoms with van der Waals surface area (Å²) in [6.45, 7) is 10.4. The normalized spacial score (nSPS) is 17.9. The Labute approximate surface area is 184 Å². The number of carbonyl (C=O) groups is 1. The van der Waals surface area contributed by atoms with Gasteiger partial charge in [-0.2, -0.15) is 5.10 Å². The highest BCUT2D eigenvalue weighted by Crippen LogP contribution is 2.30. The number of nitrogens with two attached hydrogens (primary N) is 1. The van der Waals surface area contributed by atoms with E-state index in [2.05, 4.69) is 27.1 Å². The summed E-state index contributed by atoms with van der Waals surface area (Å²) in [7, 11) is 0. The molecular weight excluding hydrogens is 392 g/mol. The third-order valence-corrected chi connectivity index (χ3v) is 5.97. The predicted octanol–water partition coefficient (Wildman–Crippen LogP) is 3.36. The van der Waals surface area contributed by atoms with Crippen molar-refractivity contribution in [1.29, 1.82) is 0 Å². The van der Waals surface area contributed by atoms with Gasteiger partial charge in [-0.3, -0.25) is 0 Å². The zero-order valence-electron chi connectivity index (χ0n) is 18.9. The van der Waals surface area contributed by atoms with Gasteiger partial charge in [-0.1, -0.05) is 6.08 Å². The van der Waals surface area contributed by atoms with Gasteiger partial charge in [-0.05, 0) is 89.7 Å². The summed E-state index contributed by atoms with van der Waals surface area (Å²) in [5.74, 6) is 0.494. The Kier molecular flexibility index (Phi) is 6.18. The Morgan fingerprint density at radius 3 is 2.68 bits per heavy atom. The minimum absolute atomic E-state index is 0.264. The van der Waals surface area contributed by atoms with Crippen LogP contribution in [0.15, 0.2) is 18.5 Å². The molecule has 0 aromatic carbocycles. The van der Waals surface area contributed by atoms with Gasteiger partial charge in [0.1, 0.15) is 17.4 Å². The van der Waals surface area contributed by atoms with E-state index in [0.717, 1.165) is 37.0 Å². The van der Waals surface area contributed by atoms with Crippen molar-refractivity contribution in [2.24, 2.45) is 0 Å². The lowest BCUT2D eigenvalue weighted by atomic mass is 9.99. The van der Waals surface area contributed by atoms with Crippen molar-refractivity contribution in [3.63, 3.8) is 0 Å². The zero-order chi connectivity index (χ0) is 22.0. The minimum atomic E-state index is -0.490. The van der Waals surface area contributed by atoms with E-state index < -0.39 is 5.60 Å². The number of likely N-dealkylation sites (tertiary alicyclic amines) is 1.